The number of nitrogens with one attached hydrogen (secondary N) is 2. The standard InChI is InChI=1S/C22H23N5O/c1-23-22(28)16-7-4-6-15(14-16)11-13-25-20-17-8-5-10-18(17)26-21(27-20)19-9-2-3-12-24-19/h2-4,6-7,9,12,14H,5,8,10-11,13H2,1H3,(H,23,28)(H,25,26,27). The first-order valence-corrected chi connectivity index (χ1v) is 9.60. The Morgan fingerprint density at radius 3 is 2.86 bits per heavy atom. The molecule has 2 N–H and O–H groups in total. The molecule has 0 radical (unpaired) electrons. The van der Waals surface area contributed by atoms with Crippen LogP contribution in [0, 0.1) is 0 Å². The summed E-state index contributed by atoms with van der Waals surface area (Å²) in [5, 5.41) is 6.15. The van der Waals surface area contributed by atoms with Crippen LogP contribution in [-0.4, -0.2) is 34.5 Å². The maximum absolute atomic E-state index is 11.8. The van der Waals surface area contributed by atoms with Crippen molar-refractivity contribution in [3.63, 3.8) is 0 Å². The number of aryl methyl sites for hydroxylation is 1. The third-order valence-corrected chi connectivity index (χ3v) is 4.95. The molecule has 142 valence electrons. The average molecular weight is 373 g/mol. The van der Waals surface area contributed by atoms with Gasteiger partial charge in [-0.15, -0.1) is 0 Å². The van der Waals surface area contributed by atoms with Crippen LogP contribution < -0.4 is 10.6 Å². The summed E-state index contributed by atoms with van der Waals surface area (Å²) < 4.78 is 0. The Morgan fingerprint density at radius 1 is 1.11 bits per heavy atom. The summed E-state index contributed by atoms with van der Waals surface area (Å²) in [4.78, 5) is 25.7. The lowest BCUT2D eigenvalue weighted by Gasteiger charge is -2.12. The molecule has 6 heteroatoms. The van der Waals surface area contributed by atoms with Gasteiger partial charge in [-0.3, -0.25) is 9.78 Å². The normalized spacial score (nSPS) is 12.5. The van der Waals surface area contributed by atoms with Crippen molar-refractivity contribution in [1.82, 2.24) is 20.3 Å². The molecule has 4 rings (SSSR count). The Bertz CT molecular complexity index is 987. The van der Waals surface area contributed by atoms with E-state index in [0.717, 1.165) is 55.0 Å². The molecule has 6 nitrogen and oxygen atoms in total. The van der Waals surface area contributed by atoms with E-state index in [1.807, 2.05) is 42.5 Å². The van der Waals surface area contributed by atoms with Gasteiger partial charge in [0.25, 0.3) is 5.91 Å². The number of anilines is 1. The zero-order valence-corrected chi connectivity index (χ0v) is 15.9. The Balaban J connectivity index is 1.51. The number of hydrogen-bond donors (Lipinski definition) is 2. The highest BCUT2D eigenvalue weighted by Crippen LogP contribution is 2.28. The Morgan fingerprint density at radius 2 is 2.04 bits per heavy atom. The van der Waals surface area contributed by atoms with Crippen molar-refractivity contribution in [2.24, 2.45) is 0 Å². The highest BCUT2D eigenvalue weighted by molar-refractivity contribution is 5.94. The summed E-state index contributed by atoms with van der Waals surface area (Å²) >= 11 is 0. The average Bonchev–Trinajstić information content (AvgIpc) is 3.23. The van der Waals surface area contributed by atoms with Crippen LogP contribution in [-0.2, 0) is 19.3 Å². The molecule has 0 fully saturated rings. The quantitative estimate of drug-likeness (QED) is 0.694. The van der Waals surface area contributed by atoms with Crippen LogP contribution in [0.15, 0.2) is 48.7 Å². The van der Waals surface area contributed by atoms with Crippen molar-refractivity contribution < 1.29 is 4.79 Å². The van der Waals surface area contributed by atoms with Crippen molar-refractivity contribution in [1.29, 1.82) is 0 Å². The van der Waals surface area contributed by atoms with E-state index in [4.69, 9.17) is 9.97 Å². The first-order chi connectivity index (χ1) is 13.7. The molecular formula is C22H23N5O. The summed E-state index contributed by atoms with van der Waals surface area (Å²) in [6.07, 6.45) is 5.67. The number of carbonyl (C=O) groups is 1. The van der Waals surface area contributed by atoms with Crippen molar-refractivity contribution in [3.05, 3.63) is 71.0 Å². The third-order valence-electron chi connectivity index (χ3n) is 4.95. The number of amides is 1. The second-order valence-electron chi connectivity index (χ2n) is 6.85. The molecule has 1 aliphatic carbocycles. The van der Waals surface area contributed by atoms with Crippen molar-refractivity contribution >= 4 is 11.7 Å². The van der Waals surface area contributed by atoms with E-state index in [1.165, 1.54) is 5.56 Å². The third kappa shape index (κ3) is 3.86. The summed E-state index contributed by atoms with van der Waals surface area (Å²) in [6.45, 7) is 0.738. The summed E-state index contributed by atoms with van der Waals surface area (Å²) in [5.41, 5.74) is 4.93. The van der Waals surface area contributed by atoms with E-state index in [0.29, 0.717) is 11.4 Å². The molecule has 0 saturated heterocycles. The predicted octanol–water partition coefficient (Wildman–Crippen LogP) is 3.04. The molecule has 0 spiro atoms. The molecule has 2 heterocycles. The van der Waals surface area contributed by atoms with Gasteiger partial charge < -0.3 is 10.6 Å². The lowest BCUT2D eigenvalue weighted by atomic mass is 10.1. The number of fused-ring (bicyclic) bond motifs is 1. The summed E-state index contributed by atoms with van der Waals surface area (Å²) in [6, 6.07) is 13.5. The Kier molecular flexibility index (Phi) is 5.28. The zero-order chi connectivity index (χ0) is 19.3. The molecule has 0 saturated carbocycles. The SMILES string of the molecule is CNC(=O)c1cccc(CCNc2nc(-c3ccccn3)nc3c2CCC3)c1. The second kappa shape index (κ2) is 8.17. The van der Waals surface area contributed by atoms with Crippen LogP contribution in [0.25, 0.3) is 11.5 Å². The number of aromatic nitrogens is 3. The fraction of sp³-hybridized carbons (Fsp3) is 0.273. The maximum Gasteiger partial charge on any atom is 0.251 e. The Hall–Kier alpha value is -3.28. The van der Waals surface area contributed by atoms with Crippen LogP contribution in [0.3, 0.4) is 0 Å². The lowest BCUT2D eigenvalue weighted by molar-refractivity contribution is 0.0963. The van der Waals surface area contributed by atoms with Gasteiger partial charge in [-0.05, 0) is 55.5 Å². The van der Waals surface area contributed by atoms with E-state index in [1.54, 1.807) is 13.2 Å². The van der Waals surface area contributed by atoms with Gasteiger partial charge in [0.15, 0.2) is 5.82 Å². The van der Waals surface area contributed by atoms with Crippen LogP contribution >= 0.6 is 0 Å². The number of pyridine rings is 1. The lowest BCUT2D eigenvalue weighted by Crippen LogP contribution is -2.18. The molecule has 0 bridgehead atoms. The first kappa shape index (κ1) is 18.1. The molecular weight excluding hydrogens is 350 g/mol. The number of rotatable bonds is 6. The molecule has 1 amide bonds. The van der Waals surface area contributed by atoms with Gasteiger partial charge >= 0.3 is 0 Å². The molecule has 1 aliphatic rings. The van der Waals surface area contributed by atoms with Crippen molar-refractivity contribution in [2.45, 2.75) is 25.7 Å². The van der Waals surface area contributed by atoms with Gasteiger partial charge in [-0.1, -0.05) is 18.2 Å². The van der Waals surface area contributed by atoms with E-state index in [9.17, 15) is 4.79 Å². The van der Waals surface area contributed by atoms with E-state index in [-0.39, 0.29) is 5.91 Å². The summed E-state index contributed by atoms with van der Waals surface area (Å²) in [7, 11) is 1.64. The van der Waals surface area contributed by atoms with Gasteiger partial charge in [0.05, 0.1) is 0 Å². The minimum Gasteiger partial charge on any atom is -0.369 e. The fourth-order valence-corrected chi connectivity index (χ4v) is 3.53. The minimum atomic E-state index is -0.0663. The monoisotopic (exact) mass is 373 g/mol. The van der Waals surface area contributed by atoms with Gasteiger partial charge in [0.2, 0.25) is 0 Å². The molecule has 0 unspecified atom stereocenters. The van der Waals surface area contributed by atoms with Gasteiger partial charge in [-0.2, -0.15) is 0 Å². The smallest absolute Gasteiger partial charge is 0.251 e. The van der Waals surface area contributed by atoms with E-state index < -0.39 is 0 Å². The molecule has 3 aromatic rings. The Labute approximate surface area is 164 Å². The largest absolute Gasteiger partial charge is 0.369 e. The number of carbonyl (C=O) groups excluding carboxylic acids is 1. The number of hydrogen-bond acceptors (Lipinski definition) is 5. The zero-order valence-electron chi connectivity index (χ0n) is 15.9. The van der Waals surface area contributed by atoms with E-state index in [2.05, 4.69) is 15.6 Å². The molecule has 0 aliphatic heterocycles. The molecule has 2 aromatic heterocycles. The minimum absolute atomic E-state index is 0.0663. The van der Waals surface area contributed by atoms with Crippen LogP contribution in [0.5, 0.6) is 0 Å². The highest BCUT2D eigenvalue weighted by Gasteiger charge is 2.20. The van der Waals surface area contributed by atoms with Gasteiger partial charge in [-0.25, -0.2) is 9.97 Å². The van der Waals surface area contributed by atoms with Crippen LogP contribution in [0.2, 0.25) is 0 Å². The second-order valence-corrected chi connectivity index (χ2v) is 6.85. The predicted molar refractivity (Wildman–Crippen MR) is 109 cm³/mol. The maximum atomic E-state index is 11.8. The van der Waals surface area contributed by atoms with E-state index >= 15 is 0 Å². The fourth-order valence-electron chi connectivity index (χ4n) is 3.53. The molecule has 28 heavy (non-hydrogen) atoms. The van der Waals surface area contributed by atoms with Crippen LogP contribution in [0.4, 0.5) is 5.82 Å². The van der Waals surface area contributed by atoms with Crippen molar-refractivity contribution in [2.75, 3.05) is 18.9 Å². The molecule has 1 aromatic carbocycles. The number of benzene rings is 1. The molecule has 0 atom stereocenters. The first-order valence-electron chi connectivity index (χ1n) is 9.60. The highest BCUT2D eigenvalue weighted by atomic mass is 16.1. The van der Waals surface area contributed by atoms with Crippen molar-refractivity contribution in [3.8, 4) is 11.5 Å². The van der Waals surface area contributed by atoms with Gasteiger partial charge in [0.1, 0.15) is 11.5 Å². The van der Waals surface area contributed by atoms with Gasteiger partial charge in [0, 0.05) is 36.6 Å². The summed E-state index contributed by atoms with van der Waals surface area (Å²) in [5.74, 6) is 1.51. The van der Waals surface area contributed by atoms with Crippen LogP contribution in [0.1, 0.15) is 33.6 Å². The number of nitrogens with zero attached hydrogens (tertiary/aromatic N) is 3. The topological polar surface area (TPSA) is 79.8 Å².